The molecule has 1 saturated heterocycles. The number of nitrogens with zero attached hydrogens (tertiary/aromatic N) is 7. The standard InChI is InChI=1S/C27H26F3N9S/c1-16-18(2-3-22-24(16)37-23(10-31)39(22)13-17-11-34-35-12-17)14-38-6-4-19(5-7-38)36-25-21-8-20(9-27(28,29)30)40-26(21)33-15-32-25/h2-3,8,11-12,15,19H,4-7,9,13-14H2,1H3,(H,34,35)(H,32,33,36). The van der Waals surface area contributed by atoms with Gasteiger partial charge in [0.25, 0.3) is 0 Å². The number of benzene rings is 1. The summed E-state index contributed by atoms with van der Waals surface area (Å²) in [7, 11) is 0. The van der Waals surface area contributed by atoms with Gasteiger partial charge in [-0.25, -0.2) is 15.0 Å². The topological polar surface area (TPSA) is 111 Å². The van der Waals surface area contributed by atoms with Gasteiger partial charge < -0.3 is 9.88 Å². The van der Waals surface area contributed by atoms with Gasteiger partial charge in [-0.2, -0.15) is 23.5 Å². The van der Waals surface area contributed by atoms with Crippen LogP contribution in [0.4, 0.5) is 19.0 Å². The van der Waals surface area contributed by atoms with Gasteiger partial charge in [0.05, 0.1) is 35.6 Å². The molecule has 1 fully saturated rings. The monoisotopic (exact) mass is 565 g/mol. The van der Waals surface area contributed by atoms with E-state index in [4.69, 9.17) is 0 Å². The van der Waals surface area contributed by atoms with E-state index < -0.39 is 12.6 Å². The van der Waals surface area contributed by atoms with Crippen molar-refractivity contribution in [2.24, 2.45) is 0 Å². The molecule has 4 aromatic heterocycles. The lowest BCUT2D eigenvalue weighted by atomic mass is 10.0. The number of rotatable bonds is 7. The van der Waals surface area contributed by atoms with Crippen molar-refractivity contribution in [3.05, 3.63) is 64.3 Å². The van der Waals surface area contributed by atoms with Gasteiger partial charge in [0, 0.05) is 42.3 Å². The second-order valence-corrected chi connectivity index (χ2v) is 11.2. The zero-order valence-electron chi connectivity index (χ0n) is 21.7. The highest BCUT2D eigenvalue weighted by molar-refractivity contribution is 7.18. The molecule has 13 heteroatoms. The Hall–Kier alpha value is -4.02. The molecule has 0 spiro atoms. The second kappa shape index (κ2) is 10.5. The lowest BCUT2D eigenvalue weighted by molar-refractivity contribution is -0.126. The predicted octanol–water partition coefficient (Wildman–Crippen LogP) is 5.17. The summed E-state index contributed by atoms with van der Waals surface area (Å²) in [5.41, 5.74) is 4.96. The molecule has 5 aromatic rings. The number of hydrogen-bond donors (Lipinski definition) is 2. The van der Waals surface area contributed by atoms with Crippen LogP contribution < -0.4 is 5.32 Å². The third-order valence-electron chi connectivity index (χ3n) is 7.36. The van der Waals surface area contributed by atoms with Crippen molar-refractivity contribution in [1.82, 2.24) is 34.6 Å². The van der Waals surface area contributed by atoms with Gasteiger partial charge >= 0.3 is 6.18 Å². The number of piperidine rings is 1. The van der Waals surface area contributed by atoms with E-state index >= 15 is 0 Å². The maximum absolute atomic E-state index is 12.9. The van der Waals surface area contributed by atoms with Crippen LogP contribution in [-0.2, 0) is 19.5 Å². The number of imidazole rings is 1. The molecule has 206 valence electrons. The molecule has 0 aliphatic carbocycles. The Morgan fingerprint density at radius 2 is 2.02 bits per heavy atom. The fraction of sp³-hybridized carbons (Fsp3) is 0.370. The molecule has 0 radical (unpaired) electrons. The lowest BCUT2D eigenvalue weighted by Crippen LogP contribution is -2.39. The smallest absolute Gasteiger partial charge is 0.367 e. The van der Waals surface area contributed by atoms with Gasteiger partial charge in [0.2, 0.25) is 5.82 Å². The van der Waals surface area contributed by atoms with Crippen molar-refractivity contribution < 1.29 is 13.2 Å². The molecular formula is C27H26F3N9S. The number of anilines is 1. The van der Waals surface area contributed by atoms with E-state index in [9.17, 15) is 18.4 Å². The Balaban J connectivity index is 1.12. The molecule has 1 aliphatic heterocycles. The van der Waals surface area contributed by atoms with Crippen LogP contribution in [0.25, 0.3) is 21.3 Å². The van der Waals surface area contributed by atoms with Crippen LogP contribution in [0, 0.1) is 18.3 Å². The predicted molar refractivity (Wildman–Crippen MR) is 146 cm³/mol. The number of alkyl halides is 3. The first kappa shape index (κ1) is 26.2. The molecule has 0 amide bonds. The fourth-order valence-corrected chi connectivity index (χ4v) is 6.33. The van der Waals surface area contributed by atoms with E-state index in [0.29, 0.717) is 28.4 Å². The van der Waals surface area contributed by atoms with E-state index in [1.54, 1.807) is 12.3 Å². The summed E-state index contributed by atoms with van der Waals surface area (Å²) in [6.45, 7) is 5.07. The number of likely N-dealkylation sites (tertiary alicyclic amines) is 1. The zero-order chi connectivity index (χ0) is 27.9. The van der Waals surface area contributed by atoms with Crippen LogP contribution in [0.5, 0.6) is 0 Å². The summed E-state index contributed by atoms with van der Waals surface area (Å²) >= 11 is 1.06. The molecule has 0 atom stereocenters. The van der Waals surface area contributed by atoms with Gasteiger partial charge in [-0.05, 0) is 43.0 Å². The summed E-state index contributed by atoms with van der Waals surface area (Å²) in [6, 6.07) is 8.09. The first-order chi connectivity index (χ1) is 19.3. The Morgan fingerprint density at radius 3 is 2.75 bits per heavy atom. The van der Waals surface area contributed by atoms with Gasteiger partial charge in [-0.3, -0.25) is 10.00 Å². The van der Waals surface area contributed by atoms with Gasteiger partial charge in [-0.1, -0.05) is 6.07 Å². The van der Waals surface area contributed by atoms with Crippen molar-refractivity contribution in [3.63, 3.8) is 0 Å². The maximum atomic E-state index is 12.9. The Labute approximate surface area is 231 Å². The molecule has 0 saturated carbocycles. The first-order valence-corrected chi connectivity index (χ1v) is 13.7. The van der Waals surface area contributed by atoms with Crippen LogP contribution in [-0.4, -0.2) is 59.9 Å². The number of fused-ring (bicyclic) bond motifs is 2. The number of aromatic amines is 1. The number of halogens is 3. The second-order valence-electron chi connectivity index (χ2n) is 10.1. The molecule has 1 aromatic carbocycles. The van der Waals surface area contributed by atoms with E-state index in [-0.39, 0.29) is 10.9 Å². The zero-order valence-corrected chi connectivity index (χ0v) is 22.5. The average Bonchev–Trinajstić information content (AvgIpc) is 3.66. The van der Waals surface area contributed by atoms with Crippen molar-refractivity contribution in [2.45, 2.75) is 51.5 Å². The highest BCUT2D eigenvalue weighted by atomic mass is 32.1. The number of aryl methyl sites for hydroxylation is 1. The van der Waals surface area contributed by atoms with E-state index in [0.717, 1.165) is 66.0 Å². The molecular weight excluding hydrogens is 539 g/mol. The minimum atomic E-state index is -4.25. The molecule has 6 rings (SSSR count). The highest BCUT2D eigenvalue weighted by Gasteiger charge is 2.29. The normalized spacial score (nSPS) is 15.2. The summed E-state index contributed by atoms with van der Waals surface area (Å²) in [5, 5.41) is 20.6. The number of nitriles is 1. The average molecular weight is 566 g/mol. The molecule has 0 unspecified atom stereocenters. The maximum Gasteiger partial charge on any atom is 0.393 e. The molecule has 5 heterocycles. The number of hydrogen-bond acceptors (Lipinski definition) is 8. The minimum absolute atomic E-state index is 0.167. The number of H-pyrrole nitrogens is 1. The summed E-state index contributed by atoms with van der Waals surface area (Å²) in [5.74, 6) is 0.965. The largest absolute Gasteiger partial charge is 0.393 e. The third-order valence-corrected chi connectivity index (χ3v) is 8.40. The molecule has 2 N–H and O–H groups in total. The Morgan fingerprint density at radius 1 is 1.20 bits per heavy atom. The van der Waals surface area contributed by atoms with Gasteiger partial charge in [-0.15, -0.1) is 11.3 Å². The van der Waals surface area contributed by atoms with Crippen LogP contribution >= 0.6 is 11.3 Å². The molecule has 0 bridgehead atoms. The Kier molecular flexibility index (Phi) is 6.89. The van der Waals surface area contributed by atoms with E-state index in [1.807, 2.05) is 16.8 Å². The van der Waals surface area contributed by atoms with Crippen molar-refractivity contribution in [3.8, 4) is 6.07 Å². The van der Waals surface area contributed by atoms with Crippen molar-refractivity contribution in [2.75, 3.05) is 18.4 Å². The minimum Gasteiger partial charge on any atom is -0.367 e. The van der Waals surface area contributed by atoms with E-state index in [2.05, 4.69) is 54.4 Å². The Bertz CT molecular complexity index is 1690. The SMILES string of the molecule is Cc1c(CN2CCC(Nc3ncnc4sc(CC(F)(F)F)cc34)CC2)ccc2c1nc(C#N)n2Cc1cn[nH]c1. The summed E-state index contributed by atoms with van der Waals surface area (Å²) in [6.07, 6.45) is 1.50. The van der Waals surface area contributed by atoms with Crippen molar-refractivity contribution in [1.29, 1.82) is 5.26 Å². The summed E-state index contributed by atoms with van der Waals surface area (Å²) in [4.78, 5) is 16.3. The first-order valence-electron chi connectivity index (χ1n) is 12.9. The third kappa shape index (κ3) is 5.37. The van der Waals surface area contributed by atoms with Crippen LogP contribution in [0.15, 0.2) is 36.9 Å². The van der Waals surface area contributed by atoms with E-state index in [1.165, 1.54) is 11.9 Å². The fourth-order valence-electron chi connectivity index (χ4n) is 5.31. The quantitative estimate of drug-likeness (QED) is 0.280. The molecule has 1 aliphatic rings. The molecule has 9 nitrogen and oxygen atoms in total. The molecule has 40 heavy (non-hydrogen) atoms. The number of nitrogens with one attached hydrogen (secondary N) is 2. The lowest BCUT2D eigenvalue weighted by Gasteiger charge is -2.33. The van der Waals surface area contributed by atoms with Gasteiger partial charge in [0.15, 0.2) is 0 Å². The van der Waals surface area contributed by atoms with Gasteiger partial charge in [0.1, 0.15) is 23.0 Å². The van der Waals surface area contributed by atoms with Crippen LogP contribution in [0.1, 0.15) is 40.2 Å². The number of aromatic nitrogens is 6. The van der Waals surface area contributed by atoms with Crippen LogP contribution in [0.3, 0.4) is 0 Å². The summed E-state index contributed by atoms with van der Waals surface area (Å²) < 4.78 is 40.5. The van der Waals surface area contributed by atoms with Crippen molar-refractivity contribution >= 4 is 38.4 Å². The number of thiophene rings is 1. The van der Waals surface area contributed by atoms with Crippen LogP contribution in [0.2, 0.25) is 0 Å². The highest BCUT2D eigenvalue weighted by Crippen LogP contribution is 2.33.